The van der Waals surface area contributed by atoms with Crippen LogP contribution in [0.5, 0.6) is 17.2 Å². The lowest BCUT2D eigenvalue weighted by molar-refractivity contribution is 0.0947. The van der Waals surface area contributed by atoms with Gasteiger partial charge in [0.05, 0.1) is 12.8 Å². The molecule has 0 saturated carbocycles. The Labute approximate surface area is 244 Å². The zero-order valence-corrected chi connectivity index (χ0v) is 23.1. The van der Waals surface area contributed by atoms with Crippen LogP contribution in [0.3, 0.4) is 0 Å². The van der Waals surface area contributed by atoms with Gasteiger partial charge in [-0.2, -0.15) is 9.78 Å². The Bertz CT molecular complexity index is 1690. The van der Waals surface area contributed by atoms with Crippen molar-refractivity contribution in [2.24, 2.45) is 5.10 Å². The van der Waals surface area contributed by atoms with Gasteiger partial charge in [0.1, 0.15) is 24.7 Å². The maximum Gasteiger partial charge on any atom is 0.293 e. The smallest absolute Gasteiger partial charge is 0.293 e. The van der Waals surface area contributed by atoms with Gasteiger partial charge in [0.15, 0.2) is 17.2 Å². The summed E-state index contributed by atoms with van der Waals surface area (Å²) in [6, 6.07) is 21.8. The van der Waals surface area contributed by atoms with Gasteiger partial charge in [-0.25, -0.2) is 10.1 Å². The minimum absolute atomic E-state index is 0.0315. The number of anilines is 1. The van der Waals surface area contributed by atoms with E-state index in [2.05, 4.69) is 35.8 Å². The summed E-state index contributed by atoms with van der Waals surface area (Å²) in [5, 5.41) is 20.0. The molecule has 1 amide bonds. The molecule has 42 heavy (non-hydrogen) atoms. The maximum atomic E-state index is 13.1. The van der Waals surface area contributed by atoms with Crippen LogP contribution in [0, 0.1) is 0 Å². The Kier molecular flexibility index (Phi) is 8.89. The minimum atomic E-state index is -0.634. The Morgan fingerprint density at radius 1 is 1.02 bits per heavy atom. The number of hydrogen-bond donors (Lipinski definition) is 2. The first-order valence-corrected chi connectivity index (χ1v) is 13.1. The molecule has 0 saturated heterocycles. The van der Waals surface area contributed by atoms with E-state index in [-0.39, 0.29) is 29.6 Å². The number of ether oxygens (including phenoxy) is 3. The predicted octanol–water partition coefficient (Wildman–Crippen LogP) is 4.21. The third kappa shape index (κ3) is 6.82. The van der Waals surface area contributed by atoms with Crippen molar-refractivity contribution in [3.8, 4) is 23.1 Å². The molecule has 2 heterocycles. The quantitative estimate of drug-likeness (QED) is 0.159. The lowest BCUT2D eigenvalue weighted by Gasteiger charge is -2.12. The number of nitrogens with one attached hydrogen (secondary N) is 1. The van der Waals surface area contributed by atoms with E-state index in [0.29, 0.717) is 41.0 Å². The number of carbonyl (C=O) groups is 1. The molecule has 14 heteroatoms. The van der Waals surface area contributed by atoms with Gasteiger partial charge in [-0.05, 0) is 70.8 Å². The number of amides is 1. The van der Waals surface area contributed by atoms with Crippen molar-refractivity contribution < 1.29 is 23.6 Å². The van der Waals surface area contributed by atoms with Crippen molar-refractivity contribution in [2.75, 3.05) is 12.3 Å². The average molecular weight is 589 g/mol. The largest absolute Gasteiger partial charge is 0.490 e. The van der Waals surface area contributed by atoms with E-state index in [1.165, 1.54) is 10.9 Å². The van der Waals surface area contributed by atoms with E-state index in [1.54, 1.807) is 36.4 Å². The molecule has 0 bridgehead atoms. The third-order valence-electron chi connectivity index (χ3n) is 5.72. The molecule has 0 radical (unpaired) electrons. The second-order valence-corrected chi connectivity index (χ2v) is 9.06. The van der Waals surface area contributed by atoms with Crippen molar-refractivity contribution in [3.05, 3.63) is 100 Å². The van der Waals surface area contributed by atoms with Crippen LogP contribution < -0.4 is 25.4 Å². The number of carbonyl (C=O) groups excluding carboxylic acids is 1. The van der Waals surface area contributed by atoms with Crippen LogP contribution in [0.4, 0.5) is 5.82 Å². The van der Waals surface area contributed by atoms with Gasteiger partial charge in [-0.3, -0.25) is 4.79 Å². The Hall–Kier alpha value is -5.43. The van der Waals surface area contributed by atoms with Crippen LogP contribution in [0.2, 0.25) is 5.02 Å². The first kappa shape index (κ1) is 28.1. The van der Waals surface area contributed by atoms with Gasteiger partial charge >= 0.3 is 0 Å². The van der Waals surface area contributed by atoms with Crippen molar-refractivity contribution in [1.29, 1.82) is 0 Å². The van der Waals surface area contributed by atoms with Crippen molar-refractivity contribution in [2.45, 2.75) is 20.1 Å². The third-order valence-corrected chi connectivity index (χ3v) is 5.96. The zero-order valence-electron chi connectivity index (χ0n) is 22.3. The minimum Gasteiger partial charge on any atom is -0.490 e. The van der Waals surface area contributed by atoms with E-state index >= 15 is 0 Å². The molecule has 0 aliphatic rings. The lowest BCUT2D eigenvalue weighted by atomic mass is 10.2. The predicted molar refractivity (Wildman–Crippen MR) is 153 cm³/mol. The number of rotatable bonds is 12. The monoisotopic (exact) mass is 588 g/mol. The number of nitrogens with zero attached hydrogens (tertiary/aromatic N) is 6. The molecule has 0 fully saturated rings. The summed E-state index contributed by atoms with van der Waals surface area (Å²) < 4.78 is 23.4. The van der Waals surface area contributed by atoms with Crippen molar-refractivity contribution >= 4 is 29.5 Å². The molecule has 5 rings (SSSR count). The molecule has 3 aromatic carbocycles. The first-order valence-electron chi connectivity index (χ1n) is 12.7. The number of benzene rings is 3. The van der Waals surface area contributed by atoms with Crippen LogP contribution in [-0.4, -0.2) is 44.0 Å². The highest BCUT2D eigenvalue weighted by molar-refractivity contribution is 6.30. The molecule has 0 spiro atoms. The summed E-state index contributed by atoms with van der Waals surface area (Å²) in [5.41, 5.74) is 10.1. The van der Waals surface area contributed by atoms with Gasteiger partial charge < -0.3 is 19.9 Å². The first-order chi connectivity index (χ1) is 20.5. The fraction of sp³-hybridized carbons (Fsp3) is 0.143. The van der Waals surface area contributed by atoms with Crippen molar-refractivity contribution in [3.63, 3.8) is 0 Å². The van der Waals surface area contributed by atoms with E-state index < -0.39 is 5.91 Å². The van der Waals surface area contributed by atoms with Gasteiger partial charge in [0.2, 0.25) is 11.6 Å². The standard InChI is InChI=1S/C28H25ClN8O5/c1-2-39-24-14-18(11-12-23(24)41-16-19-7-6-8-20(29)13-19)15-31-33-28(38)25-22(17-40-21-9-4-3-5-10-21)37(36-32-25)27-26(30)34-42-35-27/h3-15H,2,16-17H2,1H3,(H2,30,34)(H,33,38)/b31-15-. The Morgan fingerprint density at radius 2 is 1.88 bits per heavy atom. The molecule has 3 N–H and O–H groups in total. The average Bonchev–Trinajstić information content (AvgIpc) is 3.62. The van der Waals surface area contributed by atoms with Gasteiger partial charge in [0, 0.05) is 5.02 Å². The number of nitrogens with two attached hydrogens (primary N) is 1. The number of aromatic nitrogens is 5. The number of hydrogen-bond acceptors (Lipinski definition) is 11. The van der Waals surface area contributed by atoms with Crippen LogP contribution in [0.25, 0.3) is 5.82 Å². The molecular weight excluding hydrogens is 564 g/mol. The fourth-order valence-electron chi connectivity index (χ4n) is 3.78. The van der Waals surface area contributed by atoms with Crippen LogP contribution in [-0.2, 0) is 13.2 Å². The van der Waals surface area contributed by atoms with E-state index in [0.717, 1.165) is 5.56 Å². The normalized spacial score (nSPS) is 11.0. The summed E-state index contributed by atoms with van der Waals surface area (Å²) in [6.45, 7) is 2.54. The maximum absolute atomic E-state index is 13.1. The van der Waals surface area contributed by atoms with E-state index in [9.17, 15) is 4.79 Å². The van der Waals surface area contributed by atoms with Gasteiger partial charge in [-0.15, -0.1) is 5.10 Å². The number of nitrogen functional groups attached to an aromatic ring is 1. The molecule has 5 aromatic rings. The Morgan fingerprint density at radius 3 is 2.64 bits per heavy atom. The number of halogens is 1. The number of para-hydroxylation sites is 1. The highest BCUT2D eigenvalue weighted by Gasteiger charge is 2.24. The molecule has 2 aromatic heterocycles. The van der Waals surface area contributed by atoms with Gasteiger partial charge in [0.25, 0.3) is 5.91 Å². The van der Waals surface area contributed by atoms with E-state index in [1.807, 2.05) is 43.3 Å². The summed E-state index contributed by atoms with van der Waals surface area (Å²) in [4.78, 5) is 13.1. The summed E-state index contributed by atoms with van der Waals surface area (Å²) in [5.74, 6) is 1.06. The molecule has 0 aliphatic carbocycles. The molecular formula is C28H25ClN8O5. The van der Waals surface area contributed by atoms with Gasteiger partial charge in [-0.1, -0.05) is 47.1 Å². The molecule has 13 nitrogen and oxygen atoms in total. The van der Waals surface area contributed by atoms with Crippen LogP contribution in [0.1, 0.15) is 34.2 Å². The molecule has 0 aliphatic heterocycles. The molecule has 0 unspecified atom stereocenters. The second-order valence-electron chi connectivity index (χ2n) is 8.63. The molecule has 214 valence electrons. The zero-order chi connectivity index (χ0) is 29.3. The van der Waals surface area contributed by atoms with E-state index in [4.69, 9.17) is 31.5 Å². The van der Waals surface area contributed by atoms with Crippen LogP contribution in [0.15, 0.2) is 82.5 Å². The summed E-state index contributed by atoms with van der Waals surface area (Å²) >= 11 is 6.07. The van der Waals surface area contributed by atoms with Crippen molar-refractivity contribution in [1.82, 2.24) is 30.7 Å². The molecule has 0 atom stereocenters. The topological polar surface area (TPSA) is 165 Å². The second kappa shape index (κ2) is 13.3. The lowest BCUT2D eigenvalue weighted by Crippen LogP contribution is -2.21. The highest BCUT2D eigenvalue weighted by atomic mass is 35.5. The summed E-state index contributed by atoms with van der Waals surface area (Å²) in [7, 11) is 0. The van der Waals surface area contributed by atoms with Crippen LogP contribution >= 0.6 is 11.6 Å². The Balaban J connectivity index is 1.30. The fourth-order valence-corrected chi connectivity index (χ4v) is 4.00. The number of hydrazone groups is 1. The SMILES string of the molecule is CCOc1cc(/C=N\NC(=O)c2nnn(-c3nonc3N)c2COc2ccccc2)ccc1OCc1cccc(Cl)c1. The summed E-state index contributed by atoms with van der Waals surface area (Å²) in [6.07, 6.45) is 1.46. The highest BCUT2D eigenvalue weighted by Crippen LogP contribution is 2.29.